The van der Waals surface area contributed by atoms with Gasteiger partial charge in [-0.3, -0.25) is 4.79 Å². The van der Waals surface area contributed by atoms with Crippen molar-refractivity contribution < 1.29 is 4.79 Å². The molecule has 0 bridgehead atoms. The zero-order valence-corrected chi connectivity index (χ0v) is 14.4. The molecule has 0 saturated heterocycles. The van der Waals surface area contributed by atoms with Crippen molar-refractivity contribution in [2.24, 2.45) is 0 Å². The molecule has 0 spiro atoms. The third-order valence-corrected chi connectivity index (χ3v) is 3.87. The number of carbonyl (C=O) groups is 1. The van der Waals surface area contributed by atoms with Gasteiger partial charge >= 0.3 is 0 Å². The first-order valence-electron chi connectivity index (χ1n) is 6.59. The number of hydrogen-bond donors (Lipinski definition) is 3. The van der Waals surface area contributed by atoms with Crippen LogP contribution in [0.4, 0.5) is 17.1 Å². The van der Waals surface area contributed by atoms with E-state index in [1.807, 2.05) is 0 Å². The van der Waals surface area contributed by atoms with Crippen LogP contribution in [0.1, 0.15) is 0 Å². The molecule has 0 aliphatic rings. The molecule has 122 valence electrons. The highest BCUT2D eigenvalue weighted by Gasteiger charge is 2.12. The summed E-state index contributed by atoms with van der Waals surface area (Å²) in [6.45, 7) is 0. The number of amides is 1. The normalized spacial score (nSPS) is 10.8. The molecule has 24 heavy (non-hydrogen) atoms. The van der Waals surface area contributed by atoms with Gasteiger partial charge < -0.3 is 16.4 Å². The number of nitrogens with two attached hydrogens (primary N) is 1. The summed E-state index contributed by atoms with van der Waals surface area (Å²) in [6.07, 6.45) is 1.22. The number of nitrogen functional groups attached to an aromatic ring is 1. The highest BCUT2D eigenvalue weighted by atomic mass is 35.5. The number of halogens is 3. The fourth-order valence-corrected chi connectivity index (χ4v) is 2.49. The summed E-state index contributed by atoms with van der Waals surface area (Å²) in [5, 5.41) is 15.4. The second kappa shape index (κ2) is 7.93. The van der Waals surface area contributed by atoms with Gasteiger partial charge in [-0.25, -0.2) is 0 Å². The molecule has 1 amide bonds. The Labute approximate surface area is 153 Å². The fourth-order valence-electron chi connectivity index (χ4n) is 1.75. The van der Waals surface area contributed by atoms with Crippen molar-refractivity contribution in [1.29, 1.82) is 5.26 Å². The molecule has 0 radical (unpaired) electrons. The van der Waals surface area contributed by atoms with E-state index in [9.17, 15) is 4.79 Å². The van der Waals surface area contributed by atoms with Gasteiger partial charge in [0.2, 0.25) is 0 Å². The number of carbonyl (C=O) groups excluding carboxylic acids is 1. The van der Waals surface area contributed by atoms with Gasteiger partial charge in [0.25, 0.3) is 5.91 Å². The Balaban J connectivity index is 2.18. The number of hydrogen-bond acceptors (Lipinski definition) is 4. The van der Waals surface area contributed by atoms with Crippen LogP contribution < -0.4 is 16.4 Å². The summed E-state index contributed by atoms with van der Waals surface area (Å²) in [5.74, 6) is -0.639. The molecule has 4 N–H and O–H groups in total. The quantitative estimate of drug-likeness (QED) is 0.407. The Kier molecular flexibility index (Phi) is 5.93. The van der Waals surface area contributed by atoms with Gasteiger partial charge in [-0.05, 0) is 30.3 Å². The standard InChI is InChI=1S/C16H11Cl3N4O/c17-11-2-1-3-12(18)15(11)22-8-9(7-20)16(24)23-14-5-4-10(21)6-13(14)19/h1-6,8,22H,21H2,(H,23,24)/b9-8-. The first-order chi connectivity index (χ1) is 11.4. The number of rotatable bonds is 4. The summed E-state index contributed by atoms with van der Waals surface area (Å²) in [6, 6.07) is 11.4. The van der Waals surface area contributed by atoms with Crippen LogP contribution in [0, 0.1) is 11.3 Å². The third-order valence-electron chi connectivity index (χ3n) is 2.93. The molecule has 2 aromatic rings. The first kappa shape index (κ1) is 18.0. The van der Waals surface area contributed by atoms with Gasteiger partial charge in [-0.1, -0.05) is 40.9 Å². The van der Waals surface area contributed by atoms with Crippen LogP contribution in [-0.2, 0) is 4.79 Å². The molecular weight excluding hydrogens is 371 g/mol. The van der Waals surface area contributed by atoms with Gasteiger partial charge in [0.1, 0.15) is 11.6 Å². The van der Waals surface area contributed by atoms with Crippen LogP contribution in [0.25, 0.3) is 0 Å². The molecule has 0 fully saturated rings. The molecule has 0 saturated carbocycles. The maximum atomic E-state index is 12.2. The second-order valence-corrected chi connectivity index (χ2v) is 5.83. The average molecular weight is 382 g/mol. The van der Waals surface area contributed by atoms with Crippen LogP contribution >= 0.6 is 34.8 Å². The molecule has 0 unspecified atom stereocenters. The van der Waals surface area contributed by atoms with Crippen molar-refractivity contribution in [2.75, 3.05) is 16.4 Å². The Bertz CT molecular complexity index is 839. The Morgan fingerprint density at radius 1 is 1.12 bits per heavy atom. The van der Waals surface area contributed by atoms with Gasteiger partial charge in [0.05, 0.1) is 26.4 Å². The number of nitrogens with zero attached hydrogens (tertiary/aromatic N) is 1. The highest BCUT2D eigenvalue weighted by molar-refractivity contribution is 6.39. The lowest BCUT2D eigenvalue weighted by molar-refractivity contribution is -0.112. The summed E-state index contributed by atoms with van der Waals surface area (Å²) in [4.78, 5) is 12.2. The van der Waals surface area contributed by atoms with E-state index in [0.29, 0.717) is 27.1 Å². The molecule has 2 rings (SSSR count). The van der Waals surface area contributed by atoms with Gasteiger partial charge in [0.15, 0.2) is 0 Å². The lowest BCUT2D eigenvalue weighted by atomic mass is 10.2. The van der Waals surface area contributed by atoms with Crippen LogP contribution in [0.5, 0.6) is 0 Å². The fraction of sp³-hybridized carbons (Fsp3) is 0. The minimum absolute atomic E-state index is 0.182. The zero-order valence-electron chi connectivity index (χ0n) is 12.1. The van der Waals surface area contributed by atoms with E-state index in [-0.39, 0.29) is 10.6 Å². The number of para-hydroxylation sites is 1. The number of anilines is 3. The topological polar surface area (TPSA) is 90.9 Å². The molecule has 0 aliphatic carbocycles. The molecular formula is C16H11Cl3N4O. The van der Waals surface area contributed by atoms with Crippen molar-refractivity contribution in [3.8, 4) is 6.07 Å². The van der Waals surface area contributed by atoms with Crippen molar-refractivity contribution >= 4 is 57.8 Å². The second-order valence-electron chi connectivity index (χ2n) is 4.60. The molecule has 2 aromatic carbocycles. The summed E-state index contributed by atoms with van der Waals surface area (Å²) < 4.78 is 0. The maximum Gasteiger partial charge on any atom is 0.267 e. The van der Waals surface area contributed by atoms with Gasteiger partial charge in [-0.2, -0.15) is 5.26 Å². The maximum absolute atomic E-state index is 12.2. The van der Waals surface area contributed by atoms with Crippen molar-refractivity contribution in [3.63, 3.8) is 0 Å². The van der Waals surface area contributed by atoms with E-state index in [1.165, 1.54) is 12.3 Å². The van der Waals surface area contributed by atoms with Crippen LogP contribution in [0.3, 0.4) is 0 Å². The molecule has 0 aliphatic heterocycles. The molecule has 8 heteroatoms. The van der Waals surface area contributed by atoms with Crippen molar-refractivity contribution in [3.05, 3.63) is 63.2 Å². The van der Waals surface area contributed by atoms with Gasteiger partial charge in [0, 0.05) is 11.9 Å². The SMILES string of the molecule is N#C/C(=C/Nc1c(Cl)cccc1Cl)C(=O)Nc1ccc(N)cc1Cl. The monoisotopic (exact) mass is 380 g/mol. The average Bonchev–Trinajstić information content (AvgIpc) is 2.53. The minimum atomic E-state index is -0.639. The van der Waals surface area contributed by atoms with E-state index in [1.54, 1.807) is 36.4 Å². The van der Waals surface area contributed by atoms with E-state index in [0.717, 1.165) is 0 Å². The minimum Gasteiger partial charge on any atom is -0.399 e. The Morgan fingerprint density at radius 2 is 1.79 bits per heavy atom. The number of nitriles is 1. The van der Waals surface area contributed by atoms with E-state index < -0.39 is 5.91 Å². The Hall–Kier alpha value is -2.39. The largest absolute Gasteiger partial charge is 0.399 e. The predicted molar refractivity (Wildman–Crippen MR) is 98.3 cm³/mol. The van der Waals surface area contributed by atoms with E-state index in [4.69, 9.17) is 45.8 Å². The molecule has 5 nitrogen and oxygen atoms in total. The summed E-state index contributed by atoms with van der Waals surface area (Å²) in [5.41, 5.74) is 6.61. The van der Waals surface area contributed by atoms with Crippen molar-refractivity contribution in [2.45, 2.75) is 0 Å². The summed E-state index contributed by atoms with van der Waals surface area (Å²) >= 11 is 18.0. The van der Waals surface area contributed by atoms with Crippen molar-refractivity contribution in [1.82, 2.24) is 0 Å². The number of nitrogens with one attached hydrogen (secondary N) is 2. The predicted octanol–water partition coefficient (Wildman–Crippen LogP) is 4.69. The molecule has 0 aromatic heterocycles. The third kappa shape index (κ3) is 4.33. The molecule has 0 heterocycles. The zero-order chi connectivity index (χ0) is 17.7. The Morgan fingerprint density at radius 3 is 2.38 bits per heavy atom. The van der Waals surface area contributed by atoms with Crippen LogP contribution in [0.15, 0.2) is 48.2 Å². The lowest BCUT2D eigenvalue weighted by Gasteiger charge is -2.09. The van der Waals surface area contributed by atoms with E-state index >= 15 is 0 Å². The first-order valence-corrected chi connectivity index (χ1v) is 7.73. The highest BCUT2D eigenvalue weighted by Crippen LogP contribution is 2.30. The number of benzene rings is 2. The van der Waals surface area contributed by atoms with Gasteiger partial charge in [-0.15, -0.1) is 0 Å². The molecule has 0 atom stereocenters. The summed E-state index contributed by atoms with van der Waals surface area (Å²) in [7, 11) is 0. The van der Waals surface area contributed by atoms with E-state index in [2.05, 4.69) is 10.6 Å². The smallest absolute Gasteiger partial charge is 0.267 e. The van der Waals surface area contributed by atoms with Crippen LogP contribution in [-0.4, -0.2) is 5.91 Å². The van der Waals surface area contributed by atoms with Crippen LogP contribution in [0.2, 0.25) is 15.1 Å². The lowest BCUT2D eigenvalue weighted by Crippen LogP contribution is -2.15.